The molecular weight excluding hydrogens is 419 g/mol. The number of β-amino-alcohol motifs (C(OH)–C–C–N with tert-alkyl or cyclic N) is 1. The molecule has 3 aromatic rings. The second-order valence-electron chi connectivity index (χ2n) is 7.61. The Balaban J connectivity index is 1.58. The number of anilines is 1. The van der Waals surface area contributed by atoms with Crippen LogP contribution >= 0.6 is 11.6 Å². The highest BCUT2D eigenvalue weighted by Gasteiger charge is 2.28. The summed E-state index contributed by atoms with van der Waals surface area (Å²) in [5, 5.41) is 18.6. The third-order valence-electron chi connectivity index (χ3n) is 5.75. The molecule has 1 saturated heterocycles. The number of rotatable bonds is 4. The lowest BCUT2D eigenvalue weighted by atomic mass is 10.00. The number of benzene rings is 2. The molecule has 2 aromatic carbocycles. The van der Waals surface area contributed by atoms with Gasteiger partial charge in [-0.3, -0.25) is 14.5 Å². The first-order chi connectivity index (χ1) is 15.2. The van der Waals surface area contributed by atoms with E-state index in [1.54, 1.807) is 18.2 Å². The molecule has 160 valence electrons. The Labute approximate surface area is 184 Å². The third-order valence-corrected chi connectivity index (χ3v) is 5.98. The molecule has 9 heteroatoms. The number of nitrogens with zero attached hydrogens (tertiary/aromatic N) is 6. The summed E-state index contributed by atoms with van der Waals surface area (Å²) in [5.41, 5.74) is 2.57. The van der Waals surface area contributed by atoms with E-state index in [0.717, 1.165) is 43.4 Å². The number of aliphatic hydroxyl groups excluding tert-OH is 1. The molecule has 31 heavy (non-hydrogen) atoms. The zero-order valence-electron chi connectivity index (χ0n) is 16.9. The quantitative estimate of drug-likeness (QED) is 0.675. The first kappa shape index (κ1) is 20.1. The lowest BCUT2D eigenvalue weighted by Crippen LogP contribution is -2.48. The van der Waals surface area contributed by atoms with Crippen LogP contribution in [0, 0.1) is 5.82 Å². The standard InChI is InChI=1S/C22H22ClFN6O/c23-15-5-6-19-17(13-15)21(16-3-1-2-4-18(16)24)25-14-20-26-27-22(30(19)20)29-9-7-28(8-10-29)11-12-31/h1-6,13,31H,7-12,14H2. The van der Waals surface area contributed by atoms with Gasteiger partial charge in [0.1, 0.15) is 12.4 Å². The van der Waals surface area contributed by atoms with Crippen LogP contribution in [-0.2, 0) is 6.54 Å². The second kappa shape index (κ2) is 8.37. The van der Waals surface area contributed by atoms with Gasteiger partial charge in [0.15, 0.2) is 5.82 Å². The van der Waals surface area contributed by atoms with Gasteiger partial charge in [0, 0.05) is 48.9 Å². The number of piperazine rings is 1. The summed E-state index contributed by atoms with van der Waals surface area (Å²) in [6.07, 6.45) is 0. The minimum Gasteiger partial charge on any atom is -0.395 e. The number of aliphatic hydroxyl groups is 1. The Morgan fingerprint density at radius 3 is 2.58 bits per heavy atom. The summed E-state index contributed by atoms with van der Waals surface area (Å²) < 4.78 is 16.7. The SMILES string of the molecule is OCCN1CCN(c2nnc3n2-c2ccc(Cl)cc2C(c2ccccc2F)=NC3)CC1. The molecule has 0 bridgehead atoms. The summed E-state index contributed by atoms with van der Waals surface area (Å²) in [7, 11) is 0. The zero-order chi connectivity index (χ0) is 21.4. The Hall–Kier alpha value is -2.81. The van der Waals surface area contributed by atoms with Crippen molar-refractivity contribution in [3.05, 3.63) is 70.3 Å². The average Bonchev–Trinajstić information content (AvgIpc) is 3.13. The van der Waals surface area contributed by atoms with Crippen molar-refractivity contribution < 1.29 is 9.50 Å². The van der Waals surface area contributed by atoms with Crippen LogP contribution in [0.1, 0.15) is 17.0 Å². The van der Waals surface area contributed by atoms with E-state index in [0.29, 0.717) is 28.7 Å². The van der Waals surface area contributed by atoms with Crippen molar-refractivity contribution in [3.8, 4) is 5.69 Å². The van der Waals surface area contributed by atoms with Crippen LogP contribution in [0.5, 0.6) is 0 Å². The maximum Gasteiger partial charge on any atom is 0.232 e. The number of hydrogen-bond donors (Lipinski definition) is 1. The van der Waals surface area contributed by atoms with E-state index in [4.69, 9.17) is 16.6 Å². The molecule has 0 atom stereocenters. The van der Waals surface area contributed by atoms with Crippen molar-refractivity contribution in [2.75, 3.05) is 44.2 Å². The Morgan fingerprint density at radius 1 is 1.00 bits per heavy atom. The monoisotopic (exact) mass is 440 g/mol. The minimum absolute atomic E-state index is 0.157. The fourth-order valence-electron chi connectivity index (χ4n) is 4.19. The topological polar surface area (TPSA) is 69.8 Å². The normalized spacial score (nSPS) is 16.5. The molecule has 0 spiro atoms. The van der Waals surface area contributed by atoms with Gasteiger partial charge in [-0.2, -0.15) is 0 Å². The van der Waals surface area contributed by atoms with E-state index in [1.807, 2.05) is 22.8 Å². The van der Waals surface area contributed by atoms with Crippen molar-refractivity contribution in [2.24, 2.45) is 4.99 Å². The summed E-state index contributed by atoms with van der Waals surface area (Å²) in [4.78, 5) is 9.13. The summed E-state index contributed by atoms with van der Waals surface area (Å²) >= 11 is 6.33. The summed E-state index contributed by atoms with van der Waals surface area (Å²) in [5.74, 6) is 1.11. The molecular formula is C22H22ClFN6O. The maximum atomic E-state index is 14.6. The molecule has 5 rings (SSSR count). The summed E-state index contributed by atoms with van der Waals surface area (Å²) in [6.45, 7) is 4.36. The van der Waals surface area contributed by atoms with E-state index in [1.165, 1.54) is 6.07 Å². The molecule has 0 radical (unpaired) electrons. The molecule has 0 unspecified atom stereocenters. The number of fused-ring (bicyclic) bond motifs is 3. The molecule has 1 fully saturated rings. The van der Waals surface area contributed by atoms with Crippen molar-refractivity contribution in [3.63, 3.8) is 0 Å². The molecule has 7 nitrogen and oxygen atoms in total. The van der Waals surface area contributed by atoms with E-state index in [2.05, 4.69) is 20.0 Å². The van der Waals surface area contributed by atoms with Gasteiger partial charge >= 0.3 is 0 Å². The van der Waals surface area contributed by atoms with Gasteiger partial charge < -0.3 is 10.0 Å². The third kappa shape index (κ3) is 3.71. The zero-order valence-corrected chi connectivity index (χ0v) is 17.6. The van der Waals surface area contributed by atoms with Gasteiger partial charge in [0.05, 0.1) is 18.0 Å². The smallest absolute Gasteiger partial charge is 0.232 e. The highest BCUT2D eigenvalue weighted by molar-refractivity contribution is 6.31. The van der Waals surface area contributed by atoms with Crippen LogP contribution in [0.4, 0.5) is 10.3 Å². The number of hydrogen-bond acceptors (Lipinski definition) is 6. The predicted molar refractivity (Wildman–Crippen MR) is 118 cm³/mol. The van der Waals surface area contributed by atoms with Gasteiger partial charge in [-0.15, -0.1) is 10.2 Å². The van der Waals surface area contributed by atoms with Gasteiger partial charge in [0.2, 0.25) is 5.95 Å². The van der Waals surface area contributed by atoms with Crippen LogP contribution in [0.2, 0.25) is 5.02 Å². The van der Waals surface area contributed by atoms with Gasteiger partial charge in [0.25, 0.3) is 0 Å². The molecule has 3 heterocycles. The lowest BCUT2D eigenvalue weighted by molar-refractivity contribution is 0.188. The van der Waals surface area contributed by atoms with E-state index < -0.39 is 0 Å². The molecule has 1 N–H and O–H groups in total. The van der Waals surface area contributed by atoms with Gasteiger partial charge in [-0.05, 0) is 30.3 Å². The van der Waals surface area contributed by atoms with Crippen LogP contribution in [0.3, 0.4) is 0 Å². The first-order valence-corrected chi connectivity index (χ1v) is 10.7. The predicted octanol–water partition coefficient (Wildman–Crippen LogP) is 2.53. The van der Waals surface area contributed by atoms with Crippen LogP contribution in [-0.4, -0.2) is 69.8 Å². The first-order valence-electron chi connectivity index (χ1n) is 10.3. The molecule has 0 saturated carbocycles. The van der Waals surface area contributed by atoms with E-state index in [-0.39, 0.29) is 19.0 Å². The molecule has 0 amide bonds. The lowest BCUT2D eigenvalue weighted by Gasteiger charge is -2.35. The fourth-order valence-corrected chi connectivity index (χ4v) is 4.36. The molecule has 2 aliphatic heterocycles. The van der Waals surface area contributed by atoms with Crippen LogP contribution in [0.15, 0.2) is 47.5 Å². The second-order valence-corrected chi connectivity index (χ2v) is 8.05. The summed E-state index contributed by atoms with van der Waals surface area (Å²) in [6, 6.07) is 12.2. The Bertz CT molecular complexity index is 1140. The Morgan fingerprint density at radius 2 is 1.81 bits per heavy atom. The fraction of sp³-hybridized carbons (Fsp3) is 0.318. The van der Waals surface area contributed by atoms with Crippen molar-refractivity contribution in [1.29, 1.82) is 0 Å². The van der Waals surface area contributed by atoms with Gasteiger partial charge in [-0.1, -0.05) is 23.7 Å². The molecule has 1 aromatic heterocycles. The minimum atomic E-state index is -0.329. The van der Waals surface area contributed by atoms with Crippen LogP contribution < -0.4 is 4.90 Å². The van der Waals surface area contributed by atoms with E-state index >= 15 is 0 Å². The van der Waals surface area contributed by atoms with Gasteiger partial charge in [-0.25, -0.2) is 4.39 Å². The Kier molecular flexibility index (Phi) is 5.43. The highest BCUT2D eigenvalue weighted by Crippen LogP contribution is 2.31. The van der Waals surface area contributed by atoms with E-state index in [9.17, 15) is 9.50 Å². The molecule has 2 aliphatic rings. The number of aliphatic imine (C=N–C) groups is 1. The molecule has 0 aliphatic carbocycles. The van der Waals surface area contributed by atoms with Crippen molar-refractivity contribution in [2.45, 2.75) is 6.54 Å². The average molecular weight is 441 g/mol. The van der Waals surface area contributed by atoms with Crippen molar-refractivity contribution in [1.82, 2.24) is 19.7 Å². The van der Waals surface area contributed by atoms with Crippen LogP contribution in [0.25, 0.3) is 5.69 Å². The number of halogens is 2. The largest absolute Gasteiger partial charge is 0.395 e. The number of aromatic nitrogens is 3. The van der Waals surface area contributed by atoms with Crippen molar-refractivity contribution >= 4 is 23.3 Å². The highest BCUT2D eigenvalue weighted by atomic mass is 35.5. The maximum absolute atomic E-state index is 14.6.